The lowest BCUT2D eigenvalue weighted by Crippen LogP contribution is -2.20. The molecule has 0 spiro atoms. The van der Waals surface area contributed by atoms with Gasteiger partial charge < -0.3 is 15.8 Å². The molecule has 1 amide bonds. The highest BCUT2D eigenvalue weighted by molar-refractivity contribution is 5.75. The van der Waals surface area contributed by atoms with E-state index in [0.29, 0.717) is 11.3 Å². The number of carbonyl (C=O) groups is 1. The molecule has 4 nitrogen and oxygen atoms in total. The van der Waals surface area contributed by atoms with Crippen molar-refractivity contribution in [2.24, 2.45) is 5.73 Å². The molecular weight excluding hydrogens is 211 g/mol. The molecule has 0 fully saturated rings. The zero-order chi connectivity index (χ0) is 12.1. The highest BCUT2D eigenvalue weighted by Crippen LogP contribution is 2.21. The Balaban J connectivity index is 2.78. The lowest BCUT2D eigenvalue weighted by Gasteiger charge is -2.12. The molecule has 1 aromatic rings. The van der Waals surface area contributed by atoms with Crippen LogP contribution in [0, 0.1) is 5.82 Å². The SMILES string of the molecule is CNC(C)c1ccc(OCC(N)=O)cc1F. The Morgan fingerprint density at radius 2 is 2.31 bits per heavy atom. The van der Waals surface area contributed by atoms with Crippen LogP contribution < -0.4 is 15.8 Å². The van der Waals surface area contributed by atoms with Crippen LogP contribution in [0.5, 0.6) is 5.75 Å². The van der Waals surface area contributed by atoms with Crippen molar-refractivity contribution in [3.05, 3.63) is 29.6 Å². The summed E-state index contributed by atoms with van der Waals surface area (Å²) in [6, 6.07) is 4.39. The van der Waals surface area contributed by atoms with Gasteiger partial charge in [-0.25, -0.2) is 4.39 Å². The third-order valence-electron chi connectivity index (χ3n) is 2.25. The van der Waals surface area contributed by atoms with Crippen LogP contribution in [0.3, 0.4) is 0 Å². The van der Waals surface area contributed by atoms with Crippen molar-refractivity contribution in [1.29, 1.82) is 0 Å². The molecule has 0 bridgehead atoms. The average Bonchev–Trinajstić information content (AvgIpc) is 2.25. The summed E-state index contributed by atoms with van der Waals surface area (Å²) in [5.74, 6) is -0.666. The van der Waals surface area contributed by atoms with E-state index in [1.165, 1.54) is 6.07 Å². The molecule has 1 atom stereocenters. The largest absolute Gasteiger partial charge is 0.484 e. The minimum Gasteiger partial charge on any atom is -0.484 e. The predicted octanol–water partition coefficient (Wildman–Crippen LogP) is 0.970. The van der Waals surface area contributed by atoms with Crippen molar-refractivity contribution < 1.29 is 13.9 Å². The molecule has 0 heterocycles. The second-order valence-electron chi connectivity index (χ2n) is 3.45. The molecule has 0 aromatic heterocycles. The van der Waals surface area contributed by atoms with Crippen LogP contribution in [0.1, 0.15) is 18.5 Å². The first-order valence-electron chi connectivity index (χ1n) is 4.92. The number of halogens is 1. The summed E-state index contributed by atoms with van der Waals surface area (Å²) in [7, 11) is 1.75. The van der Waals surface area contributed by atoms with Gasteiger partial charge in [0.25, 0.3) is 5.91 Å². The molecule has 0 saturated heterocycles. The molecule has 1 aromatic carbocycles. The molecule has 16 heavy (non-hydrogen) atoms. The summed E-state index contributed by atoms with van der Waals surface area (Å²) < 4.78 is 18.6. The van der Waals surface area contributed by atoms with E-state index in [-0.39, 0.29) is 18.5 Å². The third kappa shape index (κ3) is 3.20. The topological polar surface area (TPSA) is 64.3 Å². The van der Waals surface area contributed by atoms with Crippen LogP contribution in [0.15, 0.2) is 18.2 Å². The van der Waals surface area contributed by atoms with E-state index < -0.39 is 5.91 Å². The summed E-state index contributed by atoms with van der Waals surface area (Å²) in [5, 5.41) is 2.94. The number of rotatable bonds is 5. The van der Waals surface area contributed by atoms with Gasteiger partial charge in [-0.1, -0.05) is 6.07 Å². The molecule has 3 N–H and O–H groups in total. The number of ether oxygens (including phenoxy) is 1. The van der Waals surface area contributed by atoms with E-state index >= 15 is 0 Å². The Bertz CT molecular complexity index is 382. The van der Waals surface area contributed by atoms with Gasteiger partial charge in [0.1, 0.15) is 11.6 Å². The molecule has 88 valence electrons. The fourth-order valence-corrected chi connectivity index (χ4v) is 1.26. The third-order valence-corrected chi connectivity index (χ3v) is 2.25. The number of amides is 1. The van der Waals surface area contributed by atoms with Gasteiger partial charge in [0.15, 0.2) is 6.61 Å². The number of nitrogens with one attached hydrogen (secondary N) is 1. The minimum absolute atomic E-state index is 0.0785. The Morgan fingerprint density at radius 3 is 2.81 bits per heavy atom. The number of benzene rings is 1. The van der Waals surface area contributed by atoms with Crippen molar-refractivity contribution >= 4 is 5.91 Å². The van der Waals surface area contributed by atoms with Crippen molar-refractivity contribution in [3.8, 4) is 5.75 Å². The summed E-state index contributed by atoms with van der Waals surface area (Å²) in [6.45, 7) is 1.60. The van der Waals surface area contributed by atoms with Gasteiger partial charge in [-0.3, -0.25) is 4.79 Å². The van der Waals surface area contributed by atoms with Crippen LogP contribution >= 0.6 is 0 Å². The molecule has 0 aliphatic rings. The van der Waals surface area contributed by atoms with Crippen LogP contribution in [0.4, 0.5) is 4.39 Å². The van der Waals surface area contributed by atoms with E-state index in [2.05, 4.69) is 5.32 Å². The molecule has 1 rings (SSSR count). The summed E-state index contributed by atoms with van der Waals surface area (Å²) in [4.78, 5) is 10.5. The number of hydrogen-bond acceptors (Lipinski definition) is 3. The second kappa shape index (κ2) is 5.46. The summed E-state index contributed by atoms with van der Waals surface area (Å²) >= 11 is 0. The van der Waals surface area contributed by atoms with E-state index in [1.807, 2.05) is 6.92 Å². The average molecular weight is 226 g/mol. The van der Waals surface area contributed by atoms with Gasteiger partial charge in [-0.2, -0.15) is 0 Å². The molecule has 5 heteroatoms. The fourth-order valence-electron chi connectivity index (χ4n) is 1.26. The number of hydrogen-bond donors (Lipinski definition) is 2. The Kier molecular flexibility index (Phi) is 4.25. The summed E-state index contributed by atoms with van der Waals surface area (Å²) in [6.07, 6.45) is 0. The predicted molar refractivity (Wildman–Crippen MR) is 58.6 cm³/mol. The van der Waals surface area contributed by atoms with Crippen LogP contribution in [-0.2, 0) is 4.79 Å². The van der Waals surface area contributed by atoms with Crippen LogP contribution in [0.2, 0.25) is 0 Å². The van der Waals surface area contributed by atoms with Gasteiger partial charge in [0.05, 0.1) is 0 Å². The maximum atomic E-state index is 13.6. The Labute approximate surface area is 93.6 Å². The minimum atomic E-state index is -0.590. The van der Waals surface area contributed by atoms with Crippen molar-refractivity contribution in [2.45, 2.75) is 13.0 Å². The monoisotopic (exact) mass is 226 g/mol. The quantitative estimate of drug-likeness (QED) is 0.786. The van der Waals surface area contributed by atoms with Crippen LogP contribution in [0.25, 0.3) is 0 Å². The normalized spacial score (nSPS) is 12.2. The first-order valence-corrected chi connectivity index (χ1v) is 4.92. The van der Waals surface area contributed by atoms with Gasteiger partial charge in [-0.15, -0.1) is 0 Å². The highest BCUT2D eigenvalue weighted by atomic mass is 19.1. The zero-order valence-corrected chi connectivity index (χ0v) is 9.29. The molecular formula is C11H15FN2O2. The van der Waals surface area contributed by atoms with Crippen molar-refractivity contribution in [1.82, 2.24) is 5.32 Å². The standard InChI is InChI=1S/C11H15FN2O2/c1-7(14-2)9-4-3-8(5-10(9)12)16-6-11(13)15/h3-5,7,14H,6H2,1-2H3,(H2,13,15). The van der Waals surface area contributed by atoms with Gasteiger partial charge in [0, 0.05) is 17.7 Å². The number of primary amides is 1. The van der Waals surface area contributed by atoms with Gasteiger partial charge in [0.2, 0.25) is 0 Å². The maximum Gasteiger partial charge on any atom is 0.255 e. The maximum absolute atomic E-state index is 13.6. The van der Waals surface area contributed by atoms with Crippen molar-refractivity contribution in [3.63, 3.8) is 0 Å². The van der Waals surface area contributed by atoms with Crippen molar-refractivity contribution in [2.75, 3.05) is 13.7 Å². The first kappa shape index (κ1) is 12.4. The first-order chi connectivity index (χ1) is 7.54. The Morgan fingerprint density at radius 1 is 1.62 bits per heavy atom. The van der Waals surface area contributed by atoms with E-state index in [0.717, 1.165) is 0 Å². The zero-order valence-electron chi connectivity index (χ0n) is 9.29. The lowest BCUT2D eigenvalue weighted by molar-refractivity contribution is -0.119. The number of nitrogens with two attached hydrogens (primary N) is 1. The second-order valence-corrected chi connectivity index (χ2v) is 3.45. The summed E-state index contributed by atoms with van der Waals surface area (Å²) in [5.41, 5.74) is 5.46. The smallest absolute Gasteiger partial charge is 0.255 e. The number of carbonyl (C=O) groups excluding carboxylic acids is 1. The fraction of sp³-hybridized carbons (Fsp3) is 0.364. The van der Waals surface area contributed by atoms with E-state index in [1.54, 1.807) is 19.2 Å². The van der Waals surface area contributed by atoms with Gasteiger partial charge >= 0.3 is 0 Å². The molecule has 0 aliphatic heterocycles. The molecule has 0 radical (unpaired) electrons. The van der Waals surface area contributed by atoms with E-state index in [4.69, 9.17) is 10.5 Å². The highest BCUT2D eigenvalue weighted by Gasteiger charge is 2.10. The molecule has 0 saturated carbocycles. The molecule has 0 aliphatic carbocycles. The van der Waals surface area contributed by atoms with E-state index in [9.17, 15) is 9.18 Å². The molecule has 1 unspecified atom stereocenters. The van der Waals surface area contributed by atoms with Crippen LogP contribution in [-0.4, -0.2) is 19.6 Å². The lowest BCUT2D eigenvalue weighted by atomic mass is 10.1. The Hall–Kier alpha value is -1.62. The van der Waals surface area contributed by atoms with Gasteiger partial charge in [-0.05, 0) is 20.0 Å².